The molecule has 0 radical (unpaired) electrons. The third-order valence-corrected chi connectivity index (χ3v) is 6.46. The number of benzene rings is 1. The van der Waals surface area contributed by atoms with Crippen LogP contribution in [0.1, 0.15) is 61.6 Å². The number of aromatic amines is 1. The van der Waals surface area contributed by atoms with E-state index in [-0.39, 0.29) is 12.3 Å². The monoisotopic (exact) mass is 365 g/mol. The molecule has 1 aromatic heterocycles. The maximum atomic E-state index is 10.2. The number of hydrogen-bond donors (Lipinski definition) is 3. The lowest BCUT2D eigenvalue weighted by atomic mass is 9.86. The number of hydrogen-bond acceptors (Lipinski definition) is 5. The van der Waals surface area contributed by atoms with Gasteiger partial charge in [-0.3, -0.25) is 5.32 Å². The van der Waals surface area contributed by atoms with Crippen LogP contribution in [0, 0.1) is 5.92 Å². The molecule has 27 heavy (non-hydrogen) atoms. The van der Waals surface area contributed by atoms with E-state index < -0.39 is 0 Å². The number of aliphatic hydroxyl groups is 1. The molecule has 0 bridgehead atoms. The van der Waals surface area contributed by atoms with Gasteiger partial charge in [-0.2, -0.15) is 0 Å². The van der Waals surface area contributed by atoms with Crippen molar-refractivity contribution in [2.45, 2.75) is 63.4 Å². The number of aliphatic imine (C=N–C) groups is 1. The van der Waals surface area contributed by atoms with E-state index >= 15 is 0 Å². The second kappa shape index (κ2) is 6.77. The molecular weight excluding hydrogens is 338 g/mol. The lowest BCUT2D eigenvalue weighted by molar-refractivity contribution is 0.136. The molecule has 1 fully saturated rings. The molecule has 3 N–H and O–H groups in total. The van der Waals surface area contributed by atoms with Gasteiger partial charge in [-0.05, 0) is 49.1 Å². The predicted molar refractivity (Wildman–Crippen MR) is 105 cm³/mol. The van der Waals surface area contributed by atoms with Crippen LogP contribution in [0.5, 0.6) is 0 Å². The molecular formula is C21H27N5O. The molecule has 5 atom stereocenters. The minimum absolute atomic E-state index is 0.00124. The minimum atomic E-state index is -0.218. The molecule has 142 valence electrons. The van der Waals surface area contributed by atoms with Crippen molar-refractivity contribution in [1.82, 2.24) is 20.2 Å². The van der Waals surface area contributed by atoms with Crippen molar-refractivity contribution >= 4 is 12.2 Å². The quantitative estimate of drug-likeness (QED) is 0.781. The van der Waals surface area contributed by atoms with Gasteiger partial charge < -0.3 is 15.0 Å². The Balaban J connectivity index is 1.48. The van der Waals surface area contributed by atoms with Crippen molar-refractivity contribution in [1.29, 1.82) is 0 Å². The predicted octanol–water partition coefficient (Wildman–Crippen LogP) is 3.21. The molecule has 6 heteroatoms. The second-order valence-electron chi connectivity index (χ2n) is 8.22. The SMILES string of the molecule is C[C@H]1C[C@@H](NC2c3[nH]cnc3N=CN2C2CCCc3ccccc32)C[C@@H]1O. The molecule has 1 saturated carbocycles. The summed E-state index contributed by atoms with van der Waals surface area (Å²) in [5.41, 5.74) is 3.88. The Hall–Kier alpha value is -2.18. The van der Waals surface area contributed by atoms with Gasteiger partial charge in [-0.25, -0.2) is 9.98 Å². The number of aromatic nitrogens is 2. The summed E-state index contributed by atoms with van der Waals surface area (Å²) in [7, 11) is 0. The zero-order valence-corrected chi connectivity index (χ0v) is 15.7. The van der Waals surface area contributed by atoms with Crippen LogP contribution >= 0.6 is 0 Å². The Morgan fingerprint density at radius 1 is 1.26 bits per heavy atom. The normalized spacial score (nSPS) is 32.4. The van der Waals surface area contributed by atoms with Crippen molar-refractivity contribution in [3.05, 3.63) is 47.4 Å². The number of aryl methyl sites for hydroxylation is 1. The number of H-pyrrole nitrogens is 1. The average Bonchev–Trinajstić information content (AvgIpc) is 3.28. The second-order valence-corrected chi connectivity index (χ2v) is 8.22. The molecule has 0 saturated heterocycles. The Kier molecular flexibility index (Phi) is 4.25. The minimum Gasteiger partial charge on any atom is -0.393 e. The Morgan fingerprint density at radius 3 is 3.00 bits per heavy atom. The zero-order chi connectivity index (χ0) is 18.4. The first-order chi connectivity index (χ1) is 13.2. The largest absolute Gasteiger partial charge is 0.393 e. The highest BCUT2D eigenvalue weighted by Crippen LogP contribution is 2.41. The molecule has 6 nitrogen and oxygen atoms in total. The van der Waals surface area contributed by atoms with Gasteiger partial charge in [-0.15, -0.1) is 0 Å². The van der Waals surface area contributed by atoms with E-state index in [0.29, 0.717) is 18.0 Å². The zero-order valence-electron chi connectivity index (χ0n) is 15.7. The van der Waals surface area contributed by atoms with Crippen LogP contribution in [0.2, 0.25) is 0 Å². The fourth-order valence-electron chi connectivity index (χ4n) is 4.99. The Morgan fingerprint density at radius 2 is 2.15 bits per heavy atom. The molecule has 2 aromatic rings. The van der Waals surface area contributed by atoms with Crippen LogP contribution in [0.25, 0.3) is 0 Å². The highest BCUT2D eigenvalue weighted by atomic mass is 16.3. The number of rotatable bonds is 3. The molecule has 2 heterocycles. The summed E-state index contributed by atoms with van der Waals surface area (Å²) in [6.45, 7) is 2.13. The van der Waals surface area contributed by atoms with Crippen molar-refractivity contribution < 1.29 is 5.11 Å². The van der Waals surface area contributed by atoms with Crippen molar-refractivity contribution in [3.63, 3.8) is 0 Å². The van der Waals surface area contributed by atoms with Gasteiger partial charge in [0.15, 0.2) is 5.82 Å². The lowest BCUT2D eigenvalue weighted by Gasteiger charge is -2.42. The van der Waals surface area contributed by atoms with Crippen LogP contribution in [-0.2, 0) is 6.42 Å². The molecule has 0 spiro atoms. The van der Waals surface area contributed by atoms with E-state index in [9.17, 15) is 5.11 Å². The van der Waals surface area contributed by atoms with Crippen LogP contribution in [-0.4, -0.2) is 38.5 Å². The average molecular weight is 365 g/mol. The summed E-state index contributed by atoms with van der Waals surface area (Å²) in [4.78, 5) is 14.6. The lowest BCUT2D eigenvalue weighted by Crippen LogP contribution is -2.45. The van der Waals surface area contributed by atoms with Crippen LogP contribution in [0.4, 0.5) is 5.82 Å². The molecule has 2 unspecified atom stereocenters. The summed E-state index contributed by atoms with van der Waals surface area (Å²) in [5, 5.41) is 14.0. The first-order valence-electron chi connectivity index (χ1n) is 10.1. The van der Waals surface area contributed by atoms with Gasteiger partial charge in [-0.1, -0.05) is 31.2 Å². The van der Waals surface area contributed by atoms with Crippen LogP contribution in [0.3, 0.4) is 0 Å². The number of fused-ring (bicyclic) bond motifs is 2. The van der Waals surface area contributed by atoms with Crippen LogP contribution in [0.15, 0.2) is 35.6 Å². The number of nitrogens with one attached hydrogen (secondary N) is 2. The van der Waals surface area contributed by atoms with Crippen molar-refractivity contribution in [3.8, 4) is 0 Å². The van der Waals surface area contributed by atoms with E-state index in [0.717, 1.165) is 37.2 Å². The highest BCUT2D eigenvalue weighted by Gasteiger charge is 2.38. The molecule has 5 rings (SSSR count). The molecule has 1 aliphatic heterocycles. The fourth-order valence-corrected chi connectivity index (χ4v) is 4.99. The first kappa shape index (κ1) is 17.0. The fraction of sp³-hybridized carbons (Fsp3) is 0.524. The first-order valence-corrected chi connectivity index (χ1v) is 10.1. The molecule has 2 aliphatic carbocycles. The van der Waals surface area contributed by atoms with Gasteiger partial charge in [0.2, 0.25) is 0 Å². The third-order valence-electron chi connectivity index (χ3n) is 6.46. The Bertz CT molecular complexity index is 837. The molecule has 1 aromatic carbocycles. The van der Waals surface area contributed by atoms with Gasteiger partial charge in [0.05, 0.1) is 30.5 Å². The maximum absolute atomic E-state index is 10.2. The van der Waals surface area contributed by atoms with E-state index in [4.69, 9.17) is 0 Å². The summed E-state index contributed by atoms with van der Waals surface area (Å²) in [6.07, 6.45) is 8.72. The topological polar surface area (TPSA) is 76.5 Å². The molecule has 0 amide bonds. The van der Waals surface area contributed by atoms with Crippen molar-refractivity contribution in [2.75, 3.05) is 0 Å². The van der Waals surface area contributed by atoms with E-state index in [1.54, 1.807) is 6.33 Å². The summed E-state index contributed by atoms with van der Waals surface area (Å²) in [6, 6.07) is 9.38. The number of aliphatic hydroxyl groups excluding tert-OH is 1. The summed E-state index contributed by atoms with van der Waals surface area (Å²) < 4.78 is 0. The summed E-state index contributed by atoms with van der Waals surface area (Å²) >= 11 is 0. The van der Waals surface area contributed by atoms with Crippen LogP contribution < -0.4 is 5.32 Å². The van der Waals surface area contributed by atoms with Gasteiger partial charge in [0.25, 0.3) is 0 Å². The van der Waals surface area contributed by atoms with Gasteiger partial charge in [0.1, 0.15) is 6.17 Å². The van der Waals surface area contributed by atoms with Crippen molar-refractivity contribution in [2.24, 2.45) is 10.9 Å². The Labute approximate surface area is 159 Å². The van der Waals surface area contributed by atoms with Gasteiger partial charge in [0, 0.05) is 6.04 Å². The number of imidazole rings is 1. The standard InChI is InChI=1S/C21H27N5O/c1-13-9-15(10-18(13)27)25-21-19-20(23-11-22-19)24-12-26(21)17-8-4-6-14-5-2-3-7-16(14)17/h2-3,5,7,11-13,15,17-18,21,25,27H,4,6,8-10H2,1H3,(H,22,23)/t13-,15+,17?,18-,21?/m0/s1. The van der Waals surface area contributed by atoms with E-state index in [1.165, 1.54) is 17.5 Å². The number of nitrogens with zero attached hydrogens (tertiary/aromatic N) is 3. The molecule has 3 aliphatic rings. The smallest absolute Gasteiger partial charge is 0.178 e. The van der Waals surface area contributed by atoms with E-state index in [1.807, 2.05) is 6.34 Å². The highest BCUT2D eigenvalue weighted by molar-refractivity contribution is 5.66. The summed E-state index contributed by atoms with van der Waals surface area (Å²) in [5.74, 6) is 1.10. The third kappa shape index (κ3) is 2.97. The maximum Gasteiger partial charge on any atom is 0.178 e. The van der Waals surface area contributed by atoms with Gasteiger partial charge >= 0.3 is 0 Å². The van der Waals surface area contributed by atoms with E-state index in [2.05, 4.69) is 56.4 Å².